The van der Waals surface area contributed by atoms with Gasteiger partial charge in [-0.1, -0.05) is 24.3 Å². The Morgan fingerprint density at radius 2 is 1.33 bits per heavy atom. The average Bonchev–Trinajstić information content (AvgIpc) is 2.79. The van der Waals surface area contributed by atoms with E-state index < -0.39 is 10.2 Å². The van der Waals surface area contributed by atoms with Crippen molar-refractivity contribution < 1.29 is 23.0 Å². The van der Waals surface area contributed by atoms with Crippen LogP contribution in [0.15, 0.2) is 48.5 Å². The number of piperidine rings is 1. The van der Waals surface area contributed by atoms with Crippen molar-refractivity contribution in [3.63, 3.8) is 0 Å². The summed E-state index contributed by atoms with van der Waals surface area (Å²) >= 11 is 0. The molecule has 2 aromatic carbocycles. The highest BCUT2D eigenvalue weighted by atomic mass is 32.2. The lowest BCUT2D eigenvalue weighted by molar-refractivity contribution is 0.165. The zero-order valence-electron chi connectivity index (χ0n) is 17.5. The molecule has 30 heavy (non-hydrogen) atoms. The maximum Gasteiger partial charge on any atom is 0.282 e. The summed E-state index contributed by atoms with van der Waals surface area (Å²) in [6.45, 7) is 1.48. The van der Waals surface area contributed by atoms with Gasteiger partial charge in [-0.15, -0.1) is 0 Å². The first kappa shape index (κ1) is 22.6. The largest absolute Gasteiger partial charge is 0.497 e. The number of aliphatic hydroxyl groups is 1. The lowest BCUT2D eigenvalue weighted by Gasteiger charge is -2.34. The first-order valence-corrected chi connectivity index (χ1v) is 11.5. The molecule has 0 aromatic heterocycles. The standard InChI is InChI=1S/C22H30N2O5S/c1-28-21-7-3-18(4-8-21)15-24(16-19-5-9-22(29-2)10-6-19)30(26,27)23-13-11-20(17-25)12-14-23/h3-10,20,25H,11-17H2,1-2H3. The first-order valence-electron chi connectivity index (χ1n) is 10.1. The van der Waals surface area contributed by atoms with Crippen LogP contribution in [0.2, 0.25) is 0 Å². The van der Waals surface area contributed by atoms with Gasteiger partial charge in [0.2, 0.25) is 0 Å². The number of rotatable bonds is 9. The molecular weight excluding hydrogens is 404 g/mol. The second-order valence-corrected chi connectivity index (χ2v) is 9.43. The van der Waals surface area contributed by atoms with E-state index in [0.29, 0.717) is 25.9 Å². The summed E-state index contributed by atoms with van der Waals surface area (Å²) in [7, 11) is -0.456. The molecule has 0 unspecified atom stereocenters. The van der Waals surface area contributed by atoms with Crippen molar-refractivity contribution in [1.82, 2.24) is 8.61 Å². The van der Waals surface area contributed by atoms with E-state index in [1.54, 1.807) is 14.2 Å². The molecule has 8 heteroatoms. The molecule has 3 rings (SSSR count). The number of methoxy groups -OCH3 is 2. The van der Waals surface area contributed by atoms with Crippen LogP contribution in [0.3, 0.4) is 0 Å². The molecule has 164 valence electrons. The van der Waals surface area contributed by atoms with Gasteiger partial charge in [0.15, 0.2) is 0 Å². The van der Waals surface area contributed by atoms with Crippen LogP contribution in [0, 0.1) is 5.92 Å². The van der Waals surface area contributed by atoms with Gasteiger partial charge in [0.25, 0.3) is 10.2 Å². The number of ether oxygens (including phenoxy) is 2. The molecule has 1 saturated heterocycles. The van der Waals surface area contributed by atoms with Gasteiger partial charge in [-0.3, -0.25) is 0 Å². The van der Waals surface area contributed by atoms with E-state index in [-0.39, 0.29) is 25.6 Å². The van der Waals surface area contributed by atoms with Gasteiger partial charge in [0.05, 0.1) is 14.2 Å². The Morgan fingerprint density at radius 3 is 1.70 bits per heavy atom. The fourth-order valence-corrected chi connectivity index (χ4v) is 5.20. The minimum absolute atomic E-state index is 0.106. The zero-order chi connectivity index (χ0) is 21.6. The highest BCUT2D eigenvalue weighted by Crippen LogP contribution is 2.25. The molecule has 0 atom stereocenters. The third kappa shape index (κ3) is 5.51. The minimum atomic E-state index is -3.66. The monoisotopic (exact) mass is 434 g/mol. The Hall–Kier alpha value is -2.13. The van der Waals surface area contributed by atoms with Crippen molar-refractivity contribution in [2.75, 3.05) is 33.9 Å². The van der Waals surface area contributed by atoms with E-state index in [1.165, 1.54) is 8.61 Å². The Morgan fingerprint density at radius 1 is 0.900 bits per heavy atom. The second-order valence-electron chi connectivity index (χ2n) is 7.50. The fourth-order valence-electron chi connectivity index (χ4n) is 3.57. The molecule has 1 heterocycles. The number of hydrogen-bond acceptors (Lipinski definition) is 5. The number of aliphatic hydroxyl groups excluding tert-OH is 1. The zero-order valence-corrected chi connectivity index (χ0v) is 18.3. The third-order valence-corrected chi connectivity index (χ3v) is 7.45. The quantitative estimate of drug-likeness (QED) is 0.656. The van der Waals surface area contributed by atoms with Gasteiger partial charge in [0, 0.05) is 32.8 Å². The maximum absolute atomic E-state index is 13.5. The van der Waals surface area contributed by atoms with Gasteiger partial charge in [-0.25, -0.2) is 0 Å². The lowest BCUT2D eigenvalue weighted by atomic mass is 10.00. The molecule has 0 spiro atoms. The summed E-state index contributed by atoms with van der Waals surface area (Å²) in [6, 6.07) is 14.9. The molecular formula is C22H30N2O5S. The van der Waals surface area contributed by atoms with E-state index in [2.05, 4.69) is 0 Å². The average molecular weight is 435 g/mol. The van der Waals surface area contributed by atoms with Crippen LogP contribution in [-0.4, -0.2) is 56.1 Å². The topological polar surface area (TPSA) is 79.3 Å². The summed E-state index contributed by atoms with van der Waals surface area (Å²) in [4.78, 5) is 0. The predicted octanol–water partition coefficient (Wildman–Crippen LogP) is 2.66. The molecule has 0 aliphatic carbocycles. The molecule has 1 aliphatic heterocycles. The predicted molar refractivity (Wildman–Crippen MR) is 116 cm³/mol. The molecule has 1 N–H and O–H groups in total. The molecule has 1 aliphatic rings. The molecule has 1 fully saturated rings. The van der Waals surface area contributed by atoms with Gasteiger partial charge < -0.3 is 14.6 Å². The van der Waals surface area contributed by atoms with E-state index in [9.17, 15) is 13.5 Å². The summed E-state index contributed by atoms with van der Waals surface area (Å²) in [5.41, 5.74) is 1.77. The number of nitrogens with zero attached hydrogens (tertiary/aromatic N) is 2. The first-order chi connectivity index (χ1) is 14.5. The molecule has 0 saturated carbocycles. The van der Waals surface area contributed by atoms with E-state index >= 15 is 0 Å². The SMILES string of the molecule is COc1ccc(CN(Cc2ccc(OC)cc2)S(=O)(=O)N2CCC(CO)CC2)cc1. The Kier molecular flexibility index (Phi) is 7.71. The van der Waals surface area contributed by atoms with E-state index in [0.717, 1.165) is 22.6 Å². The van der Waals surface area contributed by atoms with Crippen molar-refractivity contribution in [2.45, 2.75) is 25.9 Å². The maximum atomic E-state index is 13.5. The van der Waals surface area contributed by atoms with E-state index in [1.807, 2.05) is 48.5 Å². The van der Waals surface area contributed by atoms with Crippen LogP contribution < -0.4 is 9.47 Å². The lowest BCUT2D eigenvalue weighted by Crippen LogP contribution is -2.47. The number of hydrogen-bond donors (Lipinski definition) is 1. The summed E-state index contributed by atoms with van der Waals surface area (Å²) in [5.74, 6) is 1.64. The van der Waals surface area contributed by atoms with Gasteiger partial charge in [-0.2, -0.15) is 17.0 Å². The van der Waals surface area contributed by atoms with Crippen LogP contribution in [0.1, 0.15) is 24.0 Å². The van der Waals surface area contributed by atoms with Crippen LogP contribution >= 0.6 is 0 Å². The van der Waals surface area contributed by atoms with Crippen molar-refractivity contribution in [3.05, 3.63) is 59.7 Å². The summed E-state index contributed by atoms with van der Waals surface area (Å²) < 4.78 is 40.4. The highest BCUT2D eigenvalue weighted by Gasteiger charge is 2.33. The van der Waals surface area contributed by atoms with E-state index in [4.69, 9.17) is 9.47 Å². The summed E-state index contributed by atoms with van der Waals surface area (Å²) in [6.07, 6.45) is 1.35. The second kappa shape index (κ2) is 10.3. The normalized spacial score (nSPS) is 16.0. The van der Waals surface area contributed by atoms with Gasteiger partial charge in [-0.05, 0) is 54.2 Å². The molecule has 0 bridgehead atoms. The van der Waals surface area contributed by atoms with Crippen LogP contribution in [0.25, 0.3) is 0 Å². The minimum Gasteiger partial charge on any atom is -0.497 e. The van der Waals surface area contributed by atoms with Crippen LogP contribution in [-0.2, 0) is 23.3 Å². The fraction of sp³-hybridized carbons (Fsp3) is 0.455. The van der Waals surface area contributed by atoms with Crippen molar-refractivity contribution in [1.29, 1.82) is 0 Å². The molecule has 2 aromatic rings. The van der Waals surface area contributed by atoms with Crippen molar-refractivity contribution in [3.8, 4) is 11.5 Å². The highest BCUT2D eigenvalue weighted by molar-refractivity contribution is 7.86. The smallest absolute Gasteiger partial charge is 0.282 e. The summed E-state index contributed by atoms with van der Waals surface area (Å²) in [5, 5.41) is 9.37. The van der Waals surface area contributed by atoms with Gasteiger partial charge in [0.1, 0.15) is 11.5 Å². The van der Waals surface area contributed by atoms with Crippen LogP contribution in [0.5, 0.6) is 11.5 Å². The Balaban J connectivity index is 1.83. The third-order valence-electron chi connectivity index (χ3n) is 5.52. The van der Waals surface area contributed by atoms with Crippen LogP contribution in [0.4, 0.5) is 0 Å². The number of benzene rings is 2. The molecule has 0 amide bonds. The Bertz CT molecular complexity index is 843. The van der Waals surface area contributed by atoms with Crippen molar-refractivity contribution in [2.24, 2.45) is 5.92 Å². The van der Waals surface area contributed by atoms with Gasteiger partial charge >= 0.3 is 0 Å². The molecule has 0 radical (unpaired) electrons. The van der Waals surface area contributed by atoms with Crippen molar-refractivity contribution >= 4 is 10.2 Å². The Labute approximate surface area is 179 Å². The molecule has 7 nitrogen and oxygen atoms in total.